The van der Waals surface area contributed by atoms with E-state index < -0.39 is 0 Å². The monoisotopic (exact) mass is 371 g/mol. The summed E-state index contributed by atoms with van der Waals surface area (Å²) in [7, 11) is 0. The first-order chi connectivity index (χ1) is 11.1. The van der Waals surface area contributed by atoms with Gasteiger partial charge in [-0.05, 0) is 55.3 Å². The van der Waals surface area contributed by atoms with Crippen molar-refractivity contribution in [2.75, 3.05) is 6.61 Å². The summed E-state index contributed by atoms with van der Waals surface area (Å²) in [6.07, 6.45) is 2.78. The maximum Gasteiger partial charge on any atom is 0.152 e. The molecule has 3 nitrogen and oxygen atoms in total. The molecule has 23 heavy (non-hydrogen) atoms. The van der Waals surface area contributed by atoms with Gasteiger partial charge in [0.15, 0.2) is 6.29 Å². The molecule has 3 rings (SSSR count). The van der Waals surface area contributed by atoms with E-state index in [1.54, 1.807) is 0 Å². The number of benzene rings is 2. The summed E-state index contributed by atoms with van der Waals surface area (Å²) in [5, 5.41) is 0.959. The summed E-state index contributed by atoms with van der Waals surface area (Å²) in [5.41, 5.74) is 4.23. The van der Waals surface area contributed by atoms with E-state index in [0.29, 0.717) is 18.7 Å². The van der Waals surface area contributed by atoms with Crippen LogP contribution in [0.25, 0.3) is 10.9 Å². The maximum atomic E-state index is 11.2. The second-order valence-corrected chi connectivity index (χ2v) is 6.57. The average Bonchev–Trinajstić information content (AvgIpc) is 2.88. The summed E-state index contributed by atoms with van der Waals surface area (Å²) in [6.45, 7) is 5.42. The fourth-order valence-electron chi connectivity index (χ4n) is 2.64. The number of fused-ring (bicyclic) bond motifs is 1. The van der Waals surface area contributed by atoms with Crippen LogP contribution in [-0.4, -0.2) is 17.5 Å². The number of hydrogen-bond donors (Lipinski definition) is 0. The van der Waals surface area contributed by atoms with Gasteiger partial charge in [-0.15, -0.1) is 0 Å². The van der Waals surface area contributed by atoms with Crippen LogP contribution in [0.15, 0.2) is 47.1 Å². The first-order valence-corrected chi connectivity index (χ1v) is 8.31. The van der Waals surface area contributed by atoms with Gasteiger partial charge >= 0.3 is 0 Å². The van der Waals surface area contributed by atoms with Crippen LogP contribution in [0.1, 0.15) is 21.5 Å². The van der Waals surface area contributed by atoms with E-state index in [4.69, 9.17) is 4.74 Å². The molecule has 0 bridgehead atoms. The van der Waals surface area contributed by atoms with Gasteiger partial charge < -0.3 is 9.30 Å². The summed E-state index contributed by atoms with van der Waals surface area (Å²) in [4.78, 5) is 11.2. The molecule has 0 aliphatic heterocycles. The summed E-state index contributed by atoms with van der Waals surface area (Å²) >= 11 is 3.45. The van der Waals surface area contributed by atoms with Crippen LogP contribution in [0.3, 0.4) is 0 Å². The second kappa shape index (κ2) is 6.59. The maximum absolute atomic E-state index is 11.2. The SMILES string of the molecule is Cc1ccc(OCCn2cc(C=O)c3cc(Br)ccc32)cc1C. The highest BCUT2D eigenvalue weighted by atomic mass is 79.9. The molecule has 0 aliphatic carbocycles. The van der Waals surface area contributed by atoms with Crippen molar-refractivity contribution in [1.29, 1.82) is 0 Å². The number of aldehydes is 1. The van der Waals surface area contributed by atoms with Crippen LogP contribution < -0.4 is 4.74 Å². The first kappa shape index (κ1) is 15.8. The van der Waals surface area contributed by atoms with Crippen molar-refractivity contribution in [3.63, 3.8) is 0 Å². The van der Waals surface area contributed by atoms with Gasteiger partial charge in [-0.2, -0.15) is 0 Å². The molecule has 2 aromatic carbocycles. The second-order valence-electron chi connectivity index (χ2n) is 5.65. The van der Waals surface area contributed by atoms with Gasteiger partial charge in [-0.25, -0.2) is 0 Å². The standard InChI is InChI=1S/C19H18BrNO2/c1-13-3-5-17(9-14(13)2)23-8-7-21-11-15(12-22)18-10-16(20)4-6-19(18)21/h3-6,9-12H,7-8H2,1-2H3. The van der Waals surface area contributed by atoms with Crippen LogP contribution in [-0.2, 0) is 6.54 Å². The molecule has 0 amide bonds. The lowest BCUT2D eigenvalue weighted by molar-refractivity contribution is 0.112. The third-order valence-corrected chi connectivity index (χ3v) is 4.57. The topological polar surface area (TPSA) is 31.2 Å². The molecule has 0 unspecified atom stereocenters. The van der Waals surface area contributed by atoms with E-state index >= 15 is 0 Å². The Balaban J connectivity index is 1.76. The third-order valence-electron chi connectivity index (χ3n) is 4.08. The Labute approximate surface area is 144 Å². The average molecular weight is 372 g/mol. The minimum Gasteiger partial charge on any atom is -0.492 e. The summed E-state index contributed by atoms with van der Waals surface area (Å²) < 4.78 is 8.87. The zero-order chi connectivity index (χ0) is 16.4. The van der Waals surface area contributed by atoms with Gasteiger partial charge in [-0.3, -0.25) is 4.79 Å². The van der Waals surface area contributed by atoms with Gasteiger partial charge in [-0.1, -0.05) is 22.0 Å². The highest BCUT2D eigenvalue weighted by Crippen LogP contribution is 2.24. The third kappa shape index (κ3) is 3.32. The number of aryl methyl sites for hydroxylation is 2. The van der Waals surface area contributed by atoms with Gasteiger partial charge in [0, 0.05) is 27.1 Å². The molecule has 0 N–H and O–H groups in total. The lowest BCUT2D eigenvalue weighted by atomic mass is 10.1. The molecule has 0 radical (unpaired) electrons. The van der Waals surface area contributed by atoms with Crippen LogP contribution in [0.5, 0.6) is 5.75 Å². The number of rotatable bonds is 5. The normalized spacial score (nSPS) is 10.9. The lowest BCUT2D eigenvalue weighted by Gasteiger charge is -2.10. The van der Waals surface area contributed by atoms with Crippen molar-refractivity contribution in [3.8, 4) is 5.75 Å². The molecule has 0 spiro atoms. The van der Waals surface area contributed by atoms with Gasteiger partial charge in [0.05, 0.1) is 6.54 Å². The molecule has 118 valence electrons. The fourth-order valence-corrected chi connectivity index (χ4v) is 3.00. The van der Waals surface area contributed by atoms with Crippen LogP contribution in [0.2, 0.25) is 0 Å². The fraction of sp³-hybridized carbons (Fsp3) is 0.211. The van der Waals surface area contributed by atoms with Gasteiger partial charge in [0.2, 0.25) is 0 Å². The molecule has 1 heterocycles. The Morgan fingerprint density at radius 2 is 1.96 bits per heavy atom. The summed E-state index contributed by atoms with van der Waals surface area (Å²) in [5.74, 6) is 0.878. The molecule has 1 aromatic heterocycles. The molecule has 0 saturated heterocycles. The minimum absolute atomic E-state index is 0.556. The number of nitrogens with zero attached hydrogens (tertiary/aromatic N) is 1. The van der Waals surface area contributed by atoms with Crippen LogP contribution >= 0.6 is 15.9 Å². The minimum atomic E-state index is 0.556. The number of hydrogen-bond acceptors (Lipinski definition) is 2. The Morgan fingerprint density at radius 1 is 1.13 bits per heavy atom. The molecule has 0 atom stereocenters. The number of ether oxygens (including phenoxy) is 1. The van der Waals surface area contributed by atoms with E-state index in [9.17, 15) is 4.79 Å². The van der Waals surface area contributed by atoms with E-state index in [0.717, 1.165) is 27.4 Å². The molecule has 0 fully saturated rings. The van der Waals surface area contributed by atoms with E-state index in [-0.39, 0.29) is 0 Å². The van der Waals surface area contributed by atoms with Crippen molar-refractivity contribution in [1.82, 2.24) is 4.57 Å². The zero-order valence-electron chi connectivity index (χ0n) is 13.2. The number of halogens is 1. The summed E-state index contributed by atoms with van der Waals surface area (Å²) in [6, 6.07) is 12.1. The van der Waals surface area contributed by atoms with E-state index in [1.165, 1.54) is 11.1 Å². The smallest absolute Gasteiger partial charge is 0.152 e. The number of carbonyl (C=O) groups excluding carboxylic acids is 1. The van der Waals surface area contributed by atoms with Crippen molar-refractivity contribution in [2.24, 2.45) is 0 Å². The molecular formula is C19H18BrNO2. The predicted octanol–water partition coefficient (Wildman–Crippen LogP) is 4.91. The molecule has 4 heteroatoms. The Morgan fingerprint density at radius 3 is 2.70 bits per heavy atom. The van der Waals surface area contributed by atoms with Crippen LogP contribution in [0.4, 0.5) is 0 Å². The highest BCUT2D eigenvalue weighted by molar-refractivity contribution is 9.10. The largest absolute Gasteiger partial charge is 0.492 e. The number of aromatic nitrogens is 1. The molecule has 0 saturated carbocycles. The molecule has 3 aromatic rings. The molecular weight excluding hydrogens is 354 g/mol. The van der Waals surface area contributed by atoms with Crippen molar-refractivity contribution < 1.29 is 9.53 Å². The predicted molar refractivity (Wildman–Crippen MR) is 96.4 cm³/mol. The Kier molecular flexibility index (Phi) is 4.53. The Hall–Kier alpha value is -2.07. The van der Waals surface area contributed by atoms with E-state index in [2.05, 4.69) is 46.5 Å². The van der Waals surface area contributed by atoms with Gasteiger partial charge in [0.25, 0.3) is 0 Å². The zero-order valence-corrected chi connectivity index (χ0v) is 14.8. The van der Waals surface area contributed by atoms with Crippen molar-refractivity contribution >= 4 is 33.1 Å². The van der Waals surface area contributed by atoms with Crippen LogP contribution in [0, 0.1) is 13.8 Å². The van der Waals surface area contributed by atoms with Crippen molar-refractivity contribution in [2.45, 2.75) is 20.4 Å². The first-order valence-electron chi connectivity index (χ1n) is 7.52. The van der Waals surface area contributed by atoms with Gasteiger partial charge in [0.1, 0.15) is 12.4 Å². The van der Waals surface area contributed by atoms with Crippen molar-refractivity contribution in [3.05, 3.63) is 63.8 Å². The Bertz CT molecular complexity index is 867. The number of carbonyl (C=O) groups is 1. The quantitative estimate of drug-likeness (QED) is 0.596. The molecule has 0 aliphatic rings. The highest BCUT2D eigenvalue weighted by Gasteiger charge is 2.08. The lowest BCUT2D eigenvalue weighted by Crippen LogP contribution is -2.07. The van der Waals surface area contributed by atoms with E-state index in [1.807, 2.05) is 30.5 Å².